The molecule has 3 rings (SSSR count). The highest BCUT2D eigenvalue weighted by Gasteiger charge is 2.24. The highest BCUT2D eigenvalue weighted by Crippen LogP contribution is 2.33. The van der Waals surface area contributed by atoms with Crippen molar-refractivity contribution in [2.45, 2.75) is 32.2 Å². The zero-order valence-electron chi connectivity index (χ0n) is 14.2. The molecule has 1 aromatic carbocycles. The number of fused-ring (bicyclic) bond motifs is 1. The number of phenols is 1. The Morgan fingerprint density at radius 2 is 2.17 bits per heavy atom. The molecule has 0 saturated heterocycles. The van der Waals surface area contributed by atoms with Gasteiger partial charge >= 0.3 is 0 Å². The molecular weight excluding hydrogens is 319 g/mol. The van der Waals surface area contributed by atoms with Crippen molar-refractivity contribution in [2.24, 2.45) is 0 Å². The fourth-order valence-electron chi connectivity index (χ4n) is 2.91. The molecule has 6 heteroatoms. The molecule has 1 aromatic heterocycles. The van der Waals surface area contributed by atoms with Gasteiger partial charge in [0, 0.05) is 17.4 Å². The Kier molecular flexibility index (Phi) is 5.41. The lowest BCUT2D eigenvalue weighted by Gasteiger charge is -2.27. The van der Waals surface area contributed by atoms with Crippen molar-refractivity contribution in [3.8, 4) is 5.75 Å². The van der Waals surface area contributed by atoms with E-state index in [2.05, 4.69) is 35.4 Å². The molecule has 0 radical (unpaired) electrons. The third-order valence-corrected chi connectivity index (χ3v) is 5.15. The summed E-state index contributed by atoms with van der Waals surface area (Å²) in [5.41, 5.74) is 0.878. The molecule has 1 aliphatic heterocycles. The zero-order valence-corrected chi connectivity index (χ0v) is 15.2. The molecule has 0 amide bonds. The van der Waals surface area contributed by atoms with Crippen molar-refractivity contribution in [3.05, 3.63) is 42.1 Å². The van der Waals surface area contributed by atoms with E-state index in [-0.39, 0.29) is 6.04 Å². The van der Waals surface area contributed by atoms with Crippen molar-refractivity contribution in [1.29, 1.82) is 0 Å². The van der Waals surface area contributed by atoms with Gasteiger partial charge in [0.1, 0.15) is 17.4 Å². The van der Waals surface area contributed by atoms with Gasteiger partial charge in [0.05, 0.1) is 12.2 Å². The van der Waals surface area contributed by atoms with Crippen LogP contribution in [0.15, 0.2) is 36.5 Å². The molecule has 0 aliphatic carbocycles. The van der Waals surface area contributed by atoms with Crippen LogP contribution in [0, 0.1) is 0 Å². The number of hydrogen-bond acceptors (Lipinski definition) is 4. The third kappa shape index (κ3) is 3.41. The predicted octanol–water partition coefficient (Wildman–Crippen LogP) is 3.27. The van der Waals surface area contributed by atoms with Crippen LogP contribution in [0.25, 0.3) is 5.82 Å². The first kappa shape index (κ1) is 16.8. The number of benzene rings is 1. The first-order chi connectivity index (χ1) is 11.7. The van der Waals surface area contributed by atoms with E-state index >= 15 is 0 Å². The monoisotopic (exact) mass is 344 g/mol. The van der Waals surface area contributed by atoms with Gasteiger partial charge in [-0.2, -0.15) is 5.10 Å². The SMILES string of the molecule is CCCCCNC1=CC(c2ccccc2O)Nc2c(PC)cnn21. The van der Waals surface area contributed by atoms with Gasteiger partial charge in [-0.05, 0) is 25.2 Å². The molecule has 2 unspecified atom stereocenters. The molecule has 2 atom stereocenters. The quantitative estimate of drug-likeness (QED) is 0.533. The lowest BCUT2D eigenvalue weighted by atomic mass is 10.0. The number of phenolic OH excluding ortho intramolecular Hbond substituents is 1. The molecule has 24 heavy (non-hydrogen) atoms. The lowest BCUT2D eigenvalue weighted by Crippen LogP contribution is -2.28. The number of aromatic nitrogens is 2. The number of unbranched alkanes of at least 4 members (excludes halogenated alkanes) is 2. The average molecular weight is 344 g/mol. The van der Waals surface area contributed by atoms with Crippen LogP contribution in [-0.2, 0) is 0 Å². The summed E-state index contributed by atoms with van der Waals surface area (Å²) in [6.07, 6.45) is 7.59. The molecule has 128 valence electrons. The van der Waals surface area contributed by atoms with Crippen LogP contribution in [-0.4, -0.2) is 28.1 Å². The zero-order chi connectivity index (χ0) is 16.9. The highest BCUT2D eigenvalue weighted by molar-refractivity contribution is 7.46. The molecule has 0 spiro atoms. The first-order valence-corrected chi connectivity index (χ1v) is 10.0. The molecule has 2 heterocycles. The number of hydrogen-bond donors (Lipinski definition) is 3. The summed E-state index contributed by atoms with van der Waals surface area (Å²) in [7, 11) is 0.667. The van der Waals surface area contributed by atoms with E-state index in [4.69, 9.17) is 0 Å². The molecule has 2 aromatic rings. The Hall–Kier alpha value is -2.00. The summed E-state index contributed by atoms with van der Waals surface area (Å²) in [6, 6.07) is 7.41. The number of anilines is 1. The van der Waals surface area contributed by atoms with Crippen LogP contribution in [0.1, 0.15) is 37.8 Å². The molecular formula is C18H25N4OP. The lowest BCUT2D eigenvalue weighted by molar-refractivity contribution is 0.466. The predicted molar refractivity (Wildman–Crippen MR) is 102 cm³/mol. The van der Waals surface area contributed by atoms with Crippen molar-refractivity contribution in [3.63, 3.8) is 0 Å². The second-order valence-corrected chi connectivity index (χ2v) is 6.97. The van der Waals surface area contributed by atoms with Gasteiger partial charge < -0.3 is 15.7 Å². The van der Waals surface area contributed by atoms with Crippen molar-refractivity contribution in [1.82, 2.24) is 15.1 Å². The minimum atomic E-state index is -0.0702. The van der Waals surface area contributed by atoms with E-state index in [1.54, 1.807) is 6.07 Å². The highest BCUT2D eigenvalue weighted by atomic mass is 31.1. The van der Waals surface area contributed by atoms with E-state index in [0.717, 1.165) is 30.2 Å². The Bertz CT molecular complexity index is 726. The van der Waals surface area contributed by atoms with Crippen LogP contribution in [0.3, 0.4) is 0 Å². The fraction of sp³-hybridized carbons (Fsp3) is 0.389. The fourth-order valence-corrected chi connectivity index (χ4v) is 3.52. The van der Waals surface area contributed by atoms with E-state index in [1.807, 2.05) is 29.1 Å². The van der Waals surface area contributed by atoms with Crippen LogP contribution in [0.2, 0.25) is 0 Å². The minimum Gasteiger partial charge on any atom is -0.508 e. The van der Waals surface area contributed by atoms with Gasteiger partial charge in [0.2, 0.25) is 0 Å². The van der Waals surface area contributed by atoms with E-state index in [0.29, 0.717) is 14.3 Å². The Labute approximate surface area is 144 Å². The minimum absolute atomic E-state index is 0.0702. The van der Waals surface area contributed by atoms with Gasteiger partial charge in [-0.3, -0.25) is 0 Å². The standard InChI is InChI=1S/C18H25N4OP/c1-3-4-7-10-19-17-11-14(13-8-5-6-9-15(13)23)21-18-16(24-2)12-20-22(17)18/h5-6,8-9,11-12,14,19,21,23-24H,3-4,7,10H2,1-2H3. The molecule has 0 saturated carbocycles. The van der Waals surface area contributed by atoms with E-state index in [1.165, 1.54) is 18.1 Å². The number of rotatable bonds is 7. The summed E-state index contributed by atoms with van der Waals surface area (Å²) >= 11 is 0. The number of nitrogens with zero attached hydrogens (tertiary/aromatic N) is 2. The second-order valence-electron chi connectivity index (χ2n) is 5.94. The molecule has 3 N–H and O–H groups in total. The molecule has 5 nitrogen and oxygen atoms in total. The normalized spacial score (nSPS) is 16.8. The van der Waals surface area contributed by atoms with Gasteiger partial charge in [-0.15, -0.1) is 0 Å². The maximum atomic E-state index is 10.2. The Morgan fingerprint density at radius 3 is 2.92 bits per heavy atom. The summed E-state index contributed by atoms with van der Waals surface area (Å²) in [4.78, 5) is 0. The van der Waals surface area contributed by atoms with Crippen molar-refractivity contribution in [2.75, 3.05) is 18.5 Å². The number of nitrogens with one attached hydrogen (secondary N) is 2. The Balaban J connectivity index is 1.90. The number of aromatic hydroxyl groups is 1. The first-order valence-electron chi connectivity index (χ1n) is 8.51. The summed E-state index contributed by atoms with van der Waals surface area (Å²) in [5.74, 6) is 2.31. The molecule has 0 fully saturated rings. The largest absolute Gasteiger partial charge is 0.508 e. The van der Waals surface area contributed by atoms with Gasteiger partial charge in [0.25, 0.3) is 0 Å². The van der Waals surface area contributed by atoms with Crippen molar-refractivity contribution < 1.29 is 5.11 Å². The summed E-state index contributed by atoms with van der Waals surface area (Å²) in [5, 5.41) is 23.0. The van der Waals surface area contributed by atoms with Crippen LogP contribution < -0.4 is 15.9 Å². The third-order valence-electron chi connectivity index (χ3n) is 4.24. The summed E-state index contributed by atoms with van der Waals surface area (Å²) in [6.45, 7) is 5.29. The van der Waals surface area contributed by atoms with E-state index < -0.39 is 0 Å². The Morgan fingerprint density at radius 1 is 1.33 bits per heavy atom. The molecule has 0 bridgehead atoms. The maximum Gasteiger partial charge on any atom is 0.139 e. The topological polar surface area (TPSA) is 62.1 Å². The van der Waals surface area contributed by atoms with Gasteiger partial charge in [0.15, 0.2) is 0 Å². The number of para-hydroxylation sites is 1. The van der Waals surface area contributed by atoms with Crippen molar-refractivity contribution >= 4 is 25.5 Å². The van der Waals surface area contributed by atoms with Gasteiger partial charge in [-0.1, -0.05) is 46.5 Å². The van der Waals surface area contributed by atoms with Crippen LogP contribution in [0.4, 0.5) is 5.82 Å². The smallest absolute Gasteiger partial charge is 0.139 e. The second kappa shape index (κ2) is 7.71. The van der Waals surface area contributed by atoms with Crippen LogP contribution in [0.5, 0.6) is 5.75 Å². The molecule has 1 aliphatic rings. The maximum absolute atomic E-state index is 10.2. The van der Waals surface area contributed by atoms with Crippen LogP contribution >= 0.6 is 8.58 Å². The van der Waals surface area contributed by atoms with Gasteiger partial charge in [-0.25, -0.2) is 4.68 Å². The summed E-state index contributed by atoms with van der Waals surface area (Å²) < 4.78 is 1.94. The average Bonchev–Trinajstić information content (AvgIpc) is 3.02. The van der Waals surface area contributed by atoms with E-state index in [9.17, 15) is 5.11 Å².